The van der Waals surface area contributed by atoms with Crippen LogP contribution in [0.3, 0.4) is 0 Å². The van der Waals surface area contributed by atoms with E-state index in [9.17, 15) is 14.9 Å². The first-order chi connectivity index (χ1) is 8.66. The maximum atomic E-state index is 11.6. The molecule has 0 bridgehead atoms. The molecule has 6 nitrogen and oxygen atoms in total. The average Bonchev–Trinajstić information content (AvgIpc) is 2.90. The Morgan fingerprint density at radius 2 is 2.22 bits per heavy atom. The van der Waals surface area contributed by atoms with E-state index in [1.165, 1.54) is 41.4 Å². The summed E-state index contributed by atoms with van der Waals surface area (Å²) in [5, 5.41) is 14.4. The summed E-state index contributed by atoms with van der Waals surface area (Å²) >= 11 is 0. The van der Waals surface area contributed by atoms with E-state index in [-0.39, 0.29) is 11.6 Å². The fraction of sp³-hybridized carbons (Fsp3) is 0. The predicted octanol–water partition coefficient (Wildman–Crippen LogP) is 2.14. The Labute approximate surface area is 102 Å². The Bertz CT molecular complexity index is 603. The van der Waals surface area contributed by atoms with Crippen LogP contribution in [0, 0.1) is 10.1 Å². The topological polar surface area (TPSA) is 78.0 Å². The van der Waals surface area contributed by atoms with Crippen molar-refractivity contribution >= 4 is 17.7 Å². The second-order valence-corrected chi connectivity index (χ2v) is 3.47. The zero-order chi connectivity index (χ0) is 13.0. The van der Waals surface area contributed by atoms with Crippen LogP contribution < -0.4 is 0 Å². The Kier molecular flexibility index (Phi) is 3.29. The monoisotopic (exact) mass is 243 g/mol. The Morgan fingerprint density at radius 1 is 1.39 bits per heavy atom. The van der Waals surface area contributed by atoms with Crippen LogP contribution in [0.25, 0.3) is 6.08 Å². The molecule has 0 aliphatic carbocycles. The number of benzene rings is 1. The van der Waals surface area contributed by atoms with Gasteiger partial charge >= 0.3 is 0 Å². The number of hydrogen-bond acceptors (Lipinski definition) is 4. The lowest BCUT2D eigenvalue weighted by Gasteiger charge is -1.95. The van der Waals surface area contributed by atoms with Gasteiger partial charge in [0.2, 0.25) is 0 Å². The maximum Gasteiger partial charge on any atom is 0.270 e. The largest absolute Gasteiger partial charge is 0.270 e. The van der Waals surface area contributed by atoms with Gasteiger partial charge in [-0.2, -0.15) is 5.10 Å². The summed E-state index contributed by atoms with van der Waals surface area (Å²) in [5.41, 5.74) is 0.577. The molecule has 1 aromatic heterocycles. The van der Waals surface area contributed by atoms with Crippen molar-refractivity contribution in [2.24, 2.45) is 0 Å². The van der Waals surface area contributed by atoms with Crippen molar-refractivity contribution in [3.8, 4) is 0 Å². The number of nitrogens with zero attached hydrogens (tertiary/aromatic N) is 3. The Hall–Kier alpha value is -2.76. The quantitative estimate of drug-likeness (QED) is 0.470. The molecular weight excluding hydrogens is 234 g/mol. The normalized spacial score (nSPS) is 10.7. The summed E-state index contributed by atoms with van der Waals surface area (Å²) in [4.78, 5) is 21.7. The van der Waals surface area contributed by atoms with E-state index < -0.39 is 4.92 Å². The molecule has 18 heavy (non-hydrogen) atoms. The van der Waals surface area contributed by atoms with Crippen LogP contribution in [0.2, 0.25) is 0 Å². The number of nitro benzene ring substituents is 1. The molecule has 0 saturated heterocycles. The van der Waals surface area contributed by atoms with E-state index in [4.69, 9.17) is 0 Å². The molecule has 0 aliphatic rings. The molecule has 0 saturated carbocycles. The first kappa shape index (κ1) is 11.7. The van der Waals surface area contributed by atoms with Crippen molar-refractivity contribution in [2.75, 3.05) is 0 Å². The standard InChI is InChI=1S/C12H9N3O3/c16-12(14-8-2-7-13-14)6-5-10-3-1-4-11(9-10)15(17)18/h1-9H/b6-5+. The second kappa shape index (κ2) is 5.05. The van der Waals surface area contributed by atoms with Gasteiger partial charge in [0.25, 0.3) is 11.6 Å². The van der Waals surface area contributed by atoms with Gasteiger partial charge < -0.3 is 0 Å². The molecule has 0 fully saturated rings. The molecule has 0 atom stereocenters. The molecule has 90 valence electrons. The third-order valence-electron chi connectivity index (χ3n) is 2.23. The van der Waals surface area contributed by atoms with Crippen molar-refractivity contribution < 1.29 is 9.72 Å². The van der Waals surface area contributed by atoms with E-state index in [1.54, 1.807) is 18.2 Å². The summed E-state index contributed by atoms with van der Waals surface area (Å²) in [6.45, 7) is 0. The summed E-state index contributed by atoms with van der Waals surface area (Å²) in [5.74, 6) is -0.313. The van der Waals surface area contributed by atoms with E-state index in [0.717, 1.165) is 0 Å². The van der Waals surface area contributed by atoms with Gasteiger partial charge in [0, 0.05) is 30.6 Å². The van der Waals surface area contributed by atoms with Crippen molar-refractivity contribution in [3.63, 3.8) is 0 Å². The SMILES string of the molecule is O=C(/C=C/c1cccc([N+](=O)[O-])c1)n1cccn1. The number of nitro groups is 1. The van der Waals surface area contributed by atoms with Gasteiger partial charge in [-0.1, -0.05) is 12.1 Å². The highest BCUT2D eigenvalue weighted by molar-refractivity contribution is 5.93. The van der Waals surface area contributed by atoms with Gasteiger partial charge in [-0.15, -0.1) is 0 Å². The van der Waals surface area contributed by atoms with E-state index in [2.05, 4.69) is 5.10 Å². The molecule has 0 unspecified atom stereocenters. The molecule has 1 heterocycles. The van der Waals surface area contributed by atoms with Crippen molar-refractivity contribution in [3.05, 3.63) is 64.5 Å². The highest BCUT2D eigenvalue weighted by Gasteiger charge is 2.04. The molecule has 0 N–H and O–H groups in total. The van der Waals surface area contributed by atoms with Crippen LogP contribution in [0.15, 0.2) is 48.8 Å². The van der Waals surface area contributed by atoms with Crippen LogP contribution in [0.5, 0.6) is 0 Å². The lowest BCUT2D eigenvalue weighted by atomic mass is 10.2. The number of non-ortho nitro benzene ring substituents is 1. The van der Waals surface area contributed by atoms with Crippen molar-refractivity contribution in [2.45, 2.75) is 0 Å². The van der Waals surface area contributed by atoms with Crippen molar-refractivity contribution in [1.82, 2.24) is 9.78 Å². The summed E-state index contributed by atoms with van der Waals surface area (Å²) in [6.07, 6.45) is 5.85. The summed E-state index contributed by atoms with van der Waals surface area (Å²) in [6, 6.07) is 7.68. The Balaban J connectivity index is 2.16. The molecule has 6 heteroatoms. The number of carbonyl (C=O) groups excluding carboxylic acids is 1. The van der Waals surface area contributed by atoms with E-state index in [0.29, 0.717) is 5.56 Å². The smallest absolute Gasteiger partial charge is 0.267 e. The van der Waals surface area contributed by atoms with Crippen LogP contribution in [0.1, 0.15) is 10.4 Å². The molecule has 0 spiro atoms. The average molecular weight is 243 g/mol. The van der Waals surface area contributed by atoms with Crippen LogP contribution >= 0.6 is 0 Å². The second-order valence-electron chi connectivity index (χ2n) is 3.47. The van der Waals surface area contributed by atoms with Gasteiger partial charge in [0.1, 0.15) is 0 Å². The molecule has 0 aliphatic heterocycles. The fourth-order valence-corrected chi connectivity index (χ4v) is 1.39. The minimum atomic E-state index is -0.480. The van der Waals surface area contributed by atoms with Gasteiger partial charge in [-0.25, -0.2) is 4.68 Å². The first-order valence-electron chi connectivity index (χ1n) is 5.13. The minimum absolute atomic E-state index is 0.0105. The highest BCUT2D eigenvalue weighted by atomic mass is 16.6. The first-order valence-corrected chi connectivity index (χ1v) is 5.13. The fourth-order valence-electron chi connectivity index (χ4n) is 1.39. The molecular formula is C12H9N3O3. The molecule has 0 radical (unpaired) electrons. The Morgan fingerprint density at radius 3 is 2.89 bits per heavy atom. The highest BCUT2D eigenvalue weighted by Crippen LogP contribution is 2.14. The van der Waals surface area contributed by atoms with Gasteiger partial charge in [0.05, 0.1) is 4.92 Å². The predicted molar refractivity (Wildman–Crippen MR) is 65.0 cm³/mol. The molecule has 1 aromatic carbocycles. The lowest BCUT2D eigenvalue weighted by molar-refractivity contribution is -0.384. The number of allylic oxidation sites excluding steroid dienone is 1. The number of carbonyl (C=O) groups is 1. The van der Waals surface area contributed by atoms with E-state index >= 15 is 0 Å². The number of hydrogen-bond donors (Lipinski definition) is 0. The number of rotatable bonds is 3. The van der Waals surface area contributed by atoms with Gasteiger partial charge in [0.15, 0.2) is 0 Å². The van der Waals surface area contributed by atoms with Crippen LogP contribution in [0.4, 0.5) is 5.69 Å². The minimum Gasteiger partial charge on any atom is -0.267 e. The summed E-state index contributed by atoms with van der Waals surface area (Å²) < 4.78 is 1.17. The van der Waals surface area contributed by atoms with Gasteiger partial charge in [-0.05, 0) is 17.7 Å². The van der Waals surface area contributed by atoms with E-state index in [1.807, 2.05) is 0 Å². The molecule has 0 amide bonds. The van der Waals surface area contributed by atoms with Crippen molar-refractivity contribution in [1.29, 1.82) is 0 Å². The summed E-state index contributed by atoms with van der Waals surface area (Å²) in [7, 11) is 0. The zero-order valence-corrected chi connectivity index (χ0v) is 9.26. The maximum absolute atomic E-state index is 11.6. The number of aromatic nitrogens is 2. The van der Waals surface area contributed by atoms with Crippen LogP contribution in [-0.2, 0) is 0 Å². The zero-order valence-electron chi connectivity index (χ0n) is 9.26. The molecule has 2 rings (SSSR count). The third kappa shape index (κ3) is 2.67. The third-order valence-corrected chi connectivity index (χ3v) is 2.23. The lowest BCUT2D eigenvalue weighted by Crippen LogP contribution is -2.06. The van der Waals surface area contributed by atoms with Crippen LogP contribution in [-0.4, -0.2) is 20.6 Å². The molecule has 2 aromatic rings. The van der Waals surface area contributed by atoms with Gasteiger partial charge in [-0.3, -0.25) is 14.9 Å².